The molecule has 0 aromatic heterocycles. The maximum atomic E-state index is 13.5. The van der Waals surface area contributed by atoms with Gasteiger partial charge in [-0.1, -0.05) is 13.8 Å². The van der Waals surface area contributed by atoms with E-state index in [-0.39, 0.29) is 30.7 Å². The first kappa shape index (κ1) is 14.7. The largest absolute Gasteiger partial charge is 0.326 e. The van der Waals surface area contributed by atoms with Crippen molar-refractivity contribution < 1.29 is 14.0 Å². The monoisotopic (exact) mass is 278 g/mol. The molecule has 1 saturated heterocycles. The van der Waals surface area contributed by atoms with Crippen molar-refractivity contribution in [3.05, 3.63) is 29.6 Å². The lowest BCUT2D eigenvalue weighted by molar-refractivity contribution is -0.126. The van der Waals surface area contributed by atoms with Crippen molar-refractivity contribution in [2.45, 2.75) is 33.7 Å². The van der Waals surface area contributed by atoms with Crippen LogP contribution < -0.4 is 10.6 Å². The summed E-state index contributed by atoms with van der Waals surface area (Å²) < 4.78 is 13.5. The number of amides is 2. The van der Waals surface area contributed by atoms with E-state index in [1.165, 1.54) is 18.2 Å². The fraction of sp³-hybridized carbons (Fsp3) is 0.467. The van der Waals surface area contributed by atoms with Gasteiger partial charge in [-0.3, -0.25) is 14.5 Å². The van der Waals surface area contributed by atoms with Crippen LogP contribution >= 0.6 is 0 Å². The third-order valence-corrected chi connectivity index (χ3v) is 4.24. The van der Waals surface area contributed by atoms with Gasteiger partial charge in [0.25, 0.3) is 0 Å². The standard InChI is InChI=1S/C15H19FN2O2/c1-9(2)15(3)7-13(19)18(14(15)20)11-4-5-12(16)10(6-11)8-17/h4-6,9H,7-8,17H2,1-3H3. The summed E-state index contributed by atoms with van der Waals surface area (Å²) in [6.07, 6.45) is 0.179. The molecule has 108 valence electrons. The van der Waals surface area contributed by atoms with Gasteiger partial charge >= 0.3 is 0 Å². The Bertz CT molecular complexity index is 571. The number of nitrogens with zero attached hydrogens (tertiary/aromatic N) is 1. The Morgan fingerprint density at radius 1 is 1.40 bits per heavy atom. The number of rotatable bonds is 3. The summed E-state index contributed by atoms with van der Waals surface area (Å²) in [7, 11) is 0. The lowest BCUT2D eigenvalue weighted by Crippen LogP contribution is -2.37. The minimum atomic E-state index is -0.700. The van der Waals surface area contributed by atoms with Crippen molar-refractivity contribution in [2.75, 3.05) is 4.90 Å². The van der Waals surface area contributed by atoms with Crippen LogP contribution in [0.4, 0.5) is 10.1 Å². The van der Waals surface area contributed by atoms with E-state index >= 15 is 0 Å². The van der Waals surface area contributed by atoms with Crippen LogP contribution in [0, 0.1) is 17.2 Å². The van der Waals surface area contributed by atoms with E-state index < -0.39 is 11.2 Å². The molecule has 0 spiro atoms. The highest BCUT2D eigenvalue weighted by Gasteiger charge is 2.50. The van der Waals surface area contributed by atoms with E-state index in [0.717, 1.165) is 4.90 Å². The van der Waals surface area contributed by atoms with Gasteiger partial charge < -0.3 is 5.73 Å². The second-order valence-corrected chi connectivity index (χ2v) is 5.76. The molecule has 1 aliphatic heterocycles. The average molecular weight is 278 g/mol. The highest BCUT2D eigenvalue weighted by molar-refractivity contribution is 6.22. The second kappa shape index (κ2) is 4.98. The van der Waals surface area contributed by atoms with Gasteiger partial charge in [0.15, 0.2) is 0 Å². The van der Waals surface area contributed by atoms with Crippen LogP contribution in [0.25, 0.3) is 0 Å². The number of carbonyl (C=O) groups excluding carboxylic acids is 2. The zero-order valence-electron chi connectivity index (χ0n) is 11.9. The number of carbonyl (C=O) groups is 2. The Hall–Kier alpha value is -1.75. The summed E-state index contributed by atoms with van der Waals surface area (Å²) in [4.78, 5) is 25.9. The molecule has 0 saturated carbocycles. The molecule has 0 aliphatic carbocycles. The summed E-state index contributed by atoms with van der Waals surface area (Å²) in [5.41, 5.74) is 5.45. The van der Waals surface area contributed by atoms with E-state index in [4.69, 9.17) is 5.73 Å². The van der Waals surface area contributed by atoms with E-state index in [9.17, 15) is 14.0 Å². The topological polar surface area (TPSA) is 63.4 Å². The van der Waals surface area contributed by atoms with Gasteiger partial charge in [-0.2, -0.15) is 0 Å². The Kier molecular flexibility index (Phi) is 3.65. The van der Waals surface area contributed by atoms with Gasteiger partial charge in [-0.25, -0.2) is 4.39 Å². The first-order valence-corrected chi connectivity index (χ1v) is 6.67. The fourth-order valence-corrected chi connectivity index (χ4v) is 2.41. The van der Waals surface area contributed by atoms with Crippen LogP contribution in [-0.2, 0) is 16.1 Å². The smallest absolute Gasteiger partial charge is 0.240 e. The Morgan fingerprint density at radius 2 is 2.05 bits per heavy atom. The van der Waals surface area contributed by atoms with Crippen molar-refractivity contribution in [3.8, 4) is 0 Å². The lowest BCUT2D eigenvalue weighted by atomic mass is 9.78. The van der Waals surface area contributed by atoms with Crippen LogP contribution in [0.1, 0.15) is 32.8 Å². The molecule has 1 aromatic rings. The average Bonchev–Trinajstić information content (AvgIpc) is 2.62. The maximum absolute atomic E-state index is 13.5. The molecule has 1 fully saturated rings. The molecule has 2 amide bonds. The number of anilines is 1. The first-order valence-electron chi connectivity index (χ1n) is 6.67. The first-order chi connectivity index (χ1) is 9.31. The van der Waals surface area contributed by atoms with Crippen LogP contribution in [-0.4, -0.2) is 11.8 Å². The van der Waals surface area contributed by atoms with E-state index in [1.807, 2.05) is 13.8 Å². The molecule has 1 aromatic carbocycles. The second-order valence-electron chi connectivity index (χ2n) is 5.76. The van der Waals surface area contributed by atoms with Gasteiger partial charge in [0.1, 0.15) is 5.82 Å². The summed E-state index contributed by atoms with van der Waals surface area (Å²) in [5, 5.41) is 0. The predicted octanol–water partition coefficient (Wildman–Crippen LogP) is 2.21. The molecule has 0 bridgehead atoms. The number of hydrogen-bond acceptors (Lipinski definition) is 3. The van der Waals surface area contributed by atoms with E-state index in [0.29, 0.717) is 11.3 Å². The van der Waals surface area contributed by atoms with Crippen molar-refractivity contribution in [2.24, 2.45) is 17.1 Å². The van der Waals surface area contributed by atoms with E-state index in [1.54, 1.807) is 6.92 Å². The van der Waals surface area contributed by atoms with Gasteiger partial charge in [-0.15, -0.1) is 0 Å². The summed E-state index contributed by atoms with van der Waals surface area (Å²) in [5.74, 6) is -0.854. The maximum Gasteiger partial charge on any atom is 0.240 e. The minimum Gasteiger partial charge on any atom is -0.326 e. The van der Waals surface area contributed by atoms with Crippen LogP contribution in [0.15, 0.2) is 18.2 Å². The highest BCUT2D eigenvalue weighted by Crippen LogP contribution is 2.41. The van der Waals surface area contributed by atoms with Gasteiger partial charge in [0.05, 0.1) is 11.1 Å². The third-order valence-electron chi connectivity index (χ3n) is 4.24. The summed E-state index contributed by atoms with van der Waals surface area (Å²) in [6, 6.07) is 4.15. The van der Waals surface area contributed by atoms with Crippen molar-refractivity contribution in [1.29, 1.82) is 0 Å². The van der Waals surface area contributed by atoms with Crippen molar-refractivity contribution in [1.82, 2.24) is 0 Å². The third kappa shape index (κ3) is 2.12. The van der Waals surface area contributed by atoms with Gasteiger partial charge in [0, 0.05) is 18.5 Å². The molecule has 1 unspecified atom stereocenters. The molecule has 2 rings (SSSR count). The van der Waals surface area contributed by atoms with Crippen molar-refractivity contribution >= 4 is 17.5 Å². The van der Waals surface area contributed by atoms with Gasteiger partial charge in [-0.05, 0) is 31.0 Å². The number of imide groups is 1. The number of hydrogen-bond donors (Lipinski definition) is 1. The minimum absolute atomic E-state index is 0.0251. The lowest BCUT2D eigenvalue weighted by Gasteiger charge is -2.26. The molecule has 4 nitrogen and oxygen atoms in total. The summed E-state index contributed by atoms with van der Waals surface area (Å²) >= 11 is 0. The molecule has 1 aliphatic rings. The zero-order valence-corrected chi connectivity index (χ0v) is 11.9. The molecule has 20 heavy (non-hydrogen) atoms. The molecule has 0 radical (unpaired) electrons. The molecular formula is C15H19FN2O2. The molecule has 2 N–H and O–H groups in total. The number of benzene rings is 1. The zero-order chi connectivity index (χ0) is 15.1. The molecule has 1 heterocycles. The van der Waals surface area contributed by atoms with E-state index in [2.05, 4.69) is 0 Å². The fourth-order valence-electron chi connectivity index (χ4n) is 2.41. The Morgan fingerprint density at radius 3 is 2.55 bits per heavy atom. The predicted molar refractivity (Wildman–Crippen MR) is 74.3 cm³/mol. The Labute approximate surface area is 117 Å². The SMILES string of the molecule is CC(C)C1(C)CC(=O)N(c2ccc(F)c(CN)c2)C1=O. The highest BCUT2D eigenvalue weighted by atomic mass is 19.1. The Balaban J connectivity index is 2.43. The molecule has 5 heteroatoms. The molecular weight excluding hydrogens is 259 g/mol. The number of halogens is 1. The normalized spacial score (nSPS) is 23.0. The number of nitrogens with two attached hydrogens (primary N) is 1. The molecule has 1 atom stereocenters. The quantitative estimate of drug-likeness (QED) is 0.862. The van der Waals surface area contributed by atoms with Gasteiger partial charge in [0.2, 0.25) is 11.8 Å². The van der Waals surface area contributed by atoms with Crippen molar-refractivity contribution in [3.63, 3.8) is 0 Å². The van der Waals surface area contributed by atoms with Crippen LogP contribution in [0.2, 0.25) is 0 Å². The summed E-state index contributed by atoms with van der Waals surface area (Å²) in [6.45, 7) is 5.66. The van der Waals surface area contributed by atoms with Crippen LogP contribution in [0.5, 0.6) is 0 Å². The van der Waals surface area contributed by atoms with Crippen LogP contribution in [0.3, 0.4) is 0 Å².